The molecule has 29 heavy (non-hydrogen) atoms. The zero-order valence-corrected chi connectivity index (χ0v) is 17.0. The van der Waals surface area contributed by atoms with Crippen LogP contribution in [0.3, 0.4) is 0 Å². The quantitative estimate of drug-likeness (QED) is 0.508. The Bertz CT molecular complexity index is 1050. The van der Waals surface area contributed by atoms with Crippen LogP contribution in [0.2, 0.25) is 0 Å². The van der Waals surface area contributed by atoms with E-state index < -0.39 is 11.7 Å². The summed E-state index contributed by atoms with van der Waals surface area (Å²) in [7, 11) is 0. The Balaban J connectivity index is 1.58. The van der Waals surface area contributed by atoms with Crippen LogP contribution in [0.4, 0.5) is 0 Å². The summed E-state index contributed by atoms with van der Waals surface area (Å²) in [5.41, 5.74) is 4.70. The third-order valence-electron chi connectivity index (χ3n) is 5.54. The van der Waals surface area contributed by atoms with Crippen molar-refractivity contribution in [1.29, 1.82) is 0 Å². The van der Waals surface area contributed by atoms with Crippen molar-refractivity contribution in [2.24, 2.45) is 5.92 Å². The lowest BCUT2D eigenvalue weighted by atomic mass is 10.00. The molecule has 0 bridgehead atoms. The summed E-state index contributed by atoms with van der Waals surface area (Å²) in [4.78, 5) is 25.9. The summed E-state index contributed by atoms with van der Waals surface area (Å²) in [6, 6.07) is 17.6. The first-order valence-electron chi connectivity index (χ1n) is 9.99. The predicted octanol–water partition coefficient (Wildman–Crippen LogP) is 4.25. The third kappa shape index (κ3) is 3.86. The number of aromatic nitrogens is 2. The molecule has 4 rings (SSSR count). The fraction of sp³-hybridized carbons (Fsp3) is 0.292. The second-order valence-corrected chi connectivity index (χ2v) is 7.82. The first-order valence-corrected chi connectivity index (χ1v) is 9.99. The number of hydrogen-bond acceptors (Lipinski definition) is 3. The van der Waals surface area contributed by atoms with E-state index in [2.05, 4.69) is 10.4 Å². The zero-order chi connectivity index (χ0) is 20.5. The number of carbonyl (C=O) groups excluding carboxylic acids is 2. The molecule has 5 heteroatoms. The molecule has 1 unspecified atom stereocenters. The molecule has 1 atom stereocenters. The Hall–Kier alpha value is -3.21. The van der Waals surface area contributed by atoms with E-state index in [-0.39, 0.29) is 6.04 Å². The molecular weight excluding hydrogens is 362 g/mol. The smallest absolute Gasteiger partial charge is 0.293 e. The number of nitrogens with zero attached hydrogens (tertiary/aromatic N) is 2. The number of rotatable bonds is 6. The van der Waals surface area contributed by atoms with Gasteiger partial charge in [-0.05, 0) is 57.2 Å². The molecule has 3 aromatic rings. The molecule has 1 N–H and O–H groups in total. The Labute approximate surface area is 170 Å². The van der Waals surface area contributed by atoms with Gasteiger partial charge in [-0.1, -0.05) is 48.0 Å². The fourth-order valence-electron chi connectivity index (χ4n) is 3.79. The summed E-state index contributed by atoms with van der Waals surface area (Å²) in [6.07, 6.45) is 2.13. The molecule has 1 aromatic heterocycles. The van der Waals surface area contributed by atoms with Gasteiger partial charge >= 0.3 is 0 Å². The molecule has 0 saturated heterocycles. The van der Waals surface area contributed by atoms with Crippen molar-refractivity contribution in [1.82, 2.24) is 15.1 Å². The number of hydrogen-bond donors (Lipinski definition) is 1. The number of Topliss-reactive ketones (excluding diaryl/α,β-unsaturated/α-hetero) is 1. The highest BCUT2D eigenvalue weighted by atomic mass is 16.2. The summed E-state index contributed by atoms with van der Waals surface area (Å²) >= 11 is 0. The molecule has 148 valence electrons. The number of nitrogens with one attached hydrogen (secondary N) is 1. The molecular formula is C24H25N3O2. The Morgan fingerprint density at radius 3 is 2.28 bits per heavy atom. The number of aryl methyl sites for hydroxylation is 2. The molecule has 1 fully saturated rings. The van der Waals surface area contributed by atoms with E-state index in [0.29, 0.717) is 22.9 Å². The van der Waals surface area contributed by atoms with Gasteiger partial charge in [-0.2, -0.15) is 5.10 Å². The highest BCUT2D eigenvalue weighted by Crippen LogP contribution is 2.41. The van der Waals surface area contributed by atoms with E-state index in [1.165, 1.54) is 5.56 Å². The number of ketones is 1. The van der Waals surface area contributed by atoms with E-state index >= 15 is 0 Å². The number of benzene rings is 2. The number of para-hydroxylation sites is 1. The minimum Gasteiger partial charge on any atom is -0.342 e. The van der Waals surface area contributed by atoms with E-state index in [1.807, 2.05) is 68.4 Å². The van der Waals surface area contributed by atoms with E-state index in [0.717, 1.165) is 24.1 Å². The Kier molecular flexibility index (Phi) is 5.05. The third-order valence-corrected chi connectivity index (χ3v) is 5.54. The first-order chi connectivity index (χ1) is 14.0. The van der Waals surface area contributed by atoms with E-state index in [9.17, 15) is 9.59 Å². The lowest BCUT2D eigenvalue weighted by Gasteiger charge is -2.18. The van der Waals surface area contributed by atoms with Crippen LogP contribution in [-0.4, -0.2) is 21.5 Å². The van der Waals surface area contributed by atoms with Gasteiger partial charge < -0.3 is 5.32 Å². The molecule has 1 aliphatic rings. The second kappa shape index (κ2) is 7.66. The fourth-order valence-corrected chi connectivity index (χ4v) is 3.79. The van der Waals surface area contributed by atoms with Crippen molar-refractivity contribution in [2.75, 3.05) is 0 Å². The van der Waals surface area contributed by atoms with Crippen LogP contribution in [0, 0.1) is 26.7 Å². The van der Waals surface area contributed by atoms with Gasteiger partial charge in [-0.15, -0.1) is 0 Å². The minimum absolute atomic E-state index is 0.128. The van der Waals surface area contributed by atoms with Gasteiger partial charge in [0.05, 0.1) is 28.7 Å². The molecule has 5 nitrogen and oxygen atoms in total. The normalized spacial score (nSPS) is 14.4. The average Bonchev–Trinajstić information content (AvgIpc) is 3.52. The Morgan fingerprint density at radius 1 is 1.00 bits per heavy atom. The molecule has 0 aliphatic heterocycles. The standard InChI is InChI=1S/C24H25N3O2/c1-15-9-11-18(12-10-15)22(19-13-14-19)25-24(29)23(28)21-16(2)26-27(17(21)3)20-7-5-4-6-8-20/h4-12,19,22H,13-14H2,1-3H3,(H,25,29). The first kappa shape index (κ1) is 19.1. The van der Waals surface area contributed by atoms with Crippen molar-refractivity contribution in [3.8, 4) is 5.69 Å². The van der Waals surface area contributed by atoms with Crippen LogP contribution in [0.1, 0.15) is 51.8 Å². The minimum atomic E-state index is -0.568. The average molecular weight is 387 g/mol. The van der Waals surface area contributed by atoms with Crippen molar-refractivity contribution >= 4 is 11.7 Å². The van der Waals surface area contributed by atoms with Gasteiger partial charge in [0.1, 0.15) is 0 Å². The van der Waals surface area contributed by atoms with Crippen LogP contribution in [0.5, 0.6) is 0 Å². The summed E-state index contributed by atoms with van der Waals surface area (Å²) < 4.78 is 1.72. The van der Waals surface area contributed by atoms with Crippen molar-refractivity contribution < 1.29 is 9.59 Å². The van der Waals surface area contributed by atoms with Crippen molar-refractivity contribution in [3.05, 3.63) is 82.7 Å². The summed E-state index contributed by atoms with van der Waals surface area (Å²) in [5.74, 6) is -0.704. The van der Waals surface area contributed by atoms with Crippen LogP contribution >= 0.6 is 0 Å². The number of carbonyl (C=O) groups is 2. The SMILES string of the molecule is Cc1ccc(C(NC(=O)C(=O)c2c(C)nn(-c3ccccc3)c2C)C2CC2)cc1. The lowest BCUT2D eigenvalue weighted by Crippen LogP contribution is -2.35. The van der Waals surface area contributed by atoms with Gasteiger partial charge in [0.15, 0.2) is 0 Å². The second-order valence-electron chi connectivity index (χ2n) is 7.82. The highest BCUT2D eigenvalue weighted by Gasteiger charge is 2.35. The zero-order valence-electron chi connectivity index (χ0n) is 17.0. The number of amides is 1. The predicted molar refractivity (Wildman–Crippen MR) is 112 cm³/mol. The molecule has 1 saturated carbocycles. The summed E-state index contributed by atoms with van der Waals surface area (Å²) in [6.45, 7) is 5.63. The molecule has 2 aromatic carbocycles. The van der Waals surface area contributed by atoms with Crippen LogP contribution in [0.15, 0.2) is 54.6 Å². The highest BCUT2D eigenvalue weighted by molar-refractivity contribution is 6.43. The van der Waals surface area contributed by atoms with Crippen molar-refractivity contribution in [2.45, 2.75) is 39.7 Å². The maximum atomic E-state index is 13.0. The van der Waals surface area contributed by atoms with Crippen LogP contribution in [-0.2, 0) is 4.79 Å². The maximum absolute atomic E-state index is 13.0. The monoisotopic (exact) mass is 387 g/mol. The van der Waals surface area contributed by atoms with E-state index in [4.69, 9.17) is 0 Å². The largest absolute Gasteiger partial charge is 0.342 e. The van der Waals surface area contributed by atoms with E-state index in [1.54, 1.807) is 11.6 Å². The maximum Gasteiger partial charge on any atom is 0.293 e. The van der Waals surface area contributed by atoms with Gasteiger partial charge in [0, 0.05) is 0 Å². The lowest BCUT2D eigenvalue weighted by molar-refractivity contribution is -0.117. The topological polar surface area (TPSA) is 64.0 Å². The van der Waals surface area contributed by atoms with Crippen LogP contribution < -0.4 is 5.32 Å². The summed E-state index contributed by atoms with van der Waals surface area (Å²) in [5, 5.41) is 7.49. The molecule has 0 radical (unpaired) electrons. The molecule has 0 spiro atoms. The van der Waals surface area contributed by atoms with Crippen molar-refractivity contribution in [3.63, 3.8) is 0 Å². The van der Waals surface area contributed by atoms with Crippen LogP contribution in [0.25, 0.3) is 5.69 Å². The molecule has 1 heterocycles. The van der Waals surface area contributed by atoms with Gasteiger partial charge in [-0.3, -0.25) is 9.59 Å². The Morgan fingerprint density at radius 2 is 1.66 bits per heavy atom. The van der Waals surface area contributed by atoms with Gasteiger partial charge in [-0.25, -0.2) is 4.68 Å². The van der Waals surface area contributed by atoms with Gasteiger partial charge in [0.25, 0.3) is 11.7 Å². The molecule has 1 aliphatic carbocycles. The molecule has 1 amide bonds. The van der Waals surface area contributed by atoms with Gasteiger partial charge in [0.2, 0.25) is 0 Å².